The molecule has 0 spiro atoms. The van der Waals surface area contributed by atoms with Crippen LogP contribution in [0.25, 0.3) is 22.5 Å². The largest absolute Gasteiger partial charge is 0.496 e. The van der Waals surface area contributed by atoms with E-state index in [4.69, 9.17) is 28.6 Å². The van der Waals surface area contributed by atoms with Crippen LogP contribution < -0.4 is 10.9 Å². The number of hydrogen-bond acceptors (Lipinski definition) is 6. The summed E-state index contributed by atoms with van der Waals surface area (Å²) in [5.41, 5.74) is 4.10. The quantitative estimate of drug-likeness (QED) is 0.512. The van der Waals surface area contributed by atoms with Gasteiger partial charge in [-0.05, 0) is 73.6 Å². The number of rotatable bonds is 4. The average Bonchev–Trinajstić information content (AvgIpc) is 3.19. The molecule has 2 aromatic heterocycles. The topological polar surface area (TPSA) is 62.7 Å². The first-order chi connectivity index (χ1) is 16.8. The summed E-state index contributed by atoms with van der Waals surface area (Å²) in [7, 11) is -0.843. The SMILES string of the molecule is CC1(C)OB(c2ccc(-c3cccc(-c4ccc(B5OC(C)(C)C(C)(C)O5)cn4)c3)nc2)OC1(C)C. The van der Waals surface area contributed by atoms with Gasteiger partial charge in [-0.3, -0.25) is 9.97 Å². The number of hydrogen-bond donors (Lipinski definition) is 0. The van der Waals surface area contributed by atoms with Crippen molar-refractivity contribution in [3.63, 3.8) is 0 Å². The van der Waals surface area contributed by atoms with Crippen LogP contribution in [0.3, 0.4) is 0 Å². The van der Waals surface area contributed by atoms with E-state index in [1.54, 1.807) is 0 Å². The van der Waals surface area contributed by atoms with E-state index >= 15 is 0 Å². The summed E-state index contributed by atoms with van der Waals surface area (Å²) in [5.74, 6) is 0. The summed E-state index contributed by atoms with van der Waals surface area (Å²) in [6.07, 6.45) is 3.67. The van der Waals surface area contributed by atoms with Gasteiger partial charge in [0, 0.05) is 34.4 Å². The Balaban J connectivity index is 1.33. The van der Waals surface area contributed by atoms with Crippen LogP contribution in [0.2, 0.25) is 0 Å². The summed E-state index contributed by atoms with van der Waals surface area (Å²) in [5, 5.41) is 0. The number of aromatic nitrogens is 2. The van der Waals surface area contributed by atoms with E-state index in [9.17, 15) is 0 Å². The van der Waals surface area contributed by atoms with Crippen molar-refractivity contribution >= 4 is 25.2 Å². The molecule has 6 nitrogen and oxygen atoms in total. The highest BCUT2D eigenvalue weighted by atomic mass is 16.7. The second kappa shape index (κ2) is 8.52. The Hall–Kier alpha value is -2.51. The fourth-order valence-corrected chi connectivity index (χ4v) is 4.23. The normalized spacial score (nSPS) is 21.7. The molecule has 0 saturated carbocycles. The van der Waals surface area contributed by atoms with Crippen LogP contribution in [0.4, 0.5) is 0 Å². The minimum absolute atomic E-state index is 0.379. The molecule has 1 aromatic carbocycles. The summed E-state index contributed by atoms with van der Waals surface area (Å²) >= 11 is 0. The van der Waals surface area contributed by atoms with Crippen LogP contribution >= 0.6 is 0 Å². The molecule has 36 heavy (non-hydrogen) atoms. The molecule has 2 fully saturated rings. The maximum Gasteiger partial charge on any atom is 0.496 e. The van der Waals surface area contributed by atoms with Crippen LogP contribution in [0.15, 0.2) is 60.9 Å². The highest BCUT2D eigenvalue weighted by Gasteiger charge is 2.52. The molecular formula is C28H34B2N2O4. The minimum atomic E-state index is -0.422. The van der Waals surface area contributed by atoms with Crippen molar-refractivity contribution in [3.8, 4) is 22.5 Å². The van der Waals surface area contributed by atoms with Crippen molar-refractivity contribution in [2.24, 2.45) is 0 Å². The molecule has 0 radical (unpaired) electrons. The molecule has 0 N–H and O–H groups in total. The second-order valence-corrected chi connectivity index (χ2v) is 11.7. The molecule has 0 unspecified atom stereocenters. The third kappa shape index (κ3) is 4.41. The van der Waals surface area contributed by atoms with E-state index in [1.165, 1.54) is 0 Å². The maximum absolute atomic E-state index is 6.15. The first-order valence-electron chi connectivity index (χ1n) is 12.5. The zero-order chi connectivity index (χ0) is 25.9. The molecule has 3 aromatic rings. The third-order valence-corrected chi connectivity index (χ3v) is 8.08. The first kappa shape index (κ1) is 25.2. The second-order valence-electron chi connectivity index (χ2n) is 11.7. The van der Waals surface area contributed by atoms with Crippen LogP contribution in [0.5, 0.6) is 0 Å². The fourth-order valence-electron chi connectivity index (χ4n) is 4.23. The summed E-state index contributed by atoms with van der Waals surface area (Å²) in [6.45, 7) is 16.4. The lowest BCUT2D eigenvalue weighted by molar-refractivity contribution is 0.00578. The van der Waals surface area contributed by atoms with Crippen LogP contribution in [0.1, 0.15) is 55.4 Å². The van der Waals surface area contributed by atoms with Crippen LogP contribution in [-0.4, -0.2) is 46.6 Å². The average molecular weight is 484 g/mol. The van der Waals surface area contributed by atoms with Crippen LogP contribution in [0, 0.1) is 0 Å². The van der Waals surface area contributed by atoms with E-state index in [2.05, 4.69) is 73.6 Å². The molecule has 0 amide bonds. The highest BCUT2D eigenvalue weighted by molar-refractivity contribution is 6.62. The lowest BCUT2D eigenvalue weighted by atomic mass is 9.80. The van der Waals surface area contributed by atoms with Crippen molar-refractivity contribution in [3.05, 3.63) is 60.9 Å². The van der Waals surface area contributed by atoms with Gasteiger partial charge in [-0.15, -0.1) is 0 Å². The van der Waals surface area contributed by atoms with E-state index < -0.39 is 14.2 Å². The Morgan fingerprint density at radius 3 is 1.19 bits per heavy atom. The third-order valence-electron chi connectivity index (χ3n) is 8.08. The Morgan fingerprint density at radius 2 is 0.889 bits per heavy atom. The molecule has 0 atom stereocenters. The molecule has 2 aliphatic rings. The van der Waals surface area contributed by atoms with Crippen LogP contribution in [-0.2, 0) is 18.6 Å². The Labute approximate surface area is 215 Å². The van der Waals surface area contributed by atoms with Gasteiger partial charge in [0.2, 0.25) is 0 Å². The Morgan fingerprint density at radius 1 is 0.528 bits per heavy atom. The molecular weight excluding hydrogens is 450 g/mol. The predicted octanol–water partition coefficient (Wildman–Crippen LogP) is 4.41. The molecule has 2 aliphatic heterocycles. The van der Waals surface area contributed by atoms with Gasteiger partial charge in [-0.2, -0.15) is 0 Å². The maximum atomic E-state index is 6.15. The molecule has 0 bridgehead atoms. The zero-order valence-corrected chi connectivity index (χ0v) is 22.5. The van der Waals surface area contributed by atoms with E-state index in [-0.39, 0.29) is 22.4 Å². The van der Waals surface area contributed by atoms with Gasteiger partial charge >= 0.3 is 14.2 Å². The van der Waals surface area contributed by atoms with Crippen molar-refractivity contribution < 1.29 is 18.6 Å². The molecule has 5 rings (SSSR count). The van der Waals surface area contributed by atoms with Crippen molar-refractivity contribution in [2.45, 2.75) is 77.8 Å². The van der Waals surface area contributed by atoms with E-state index in [1.807, 2.05) is 42.7 Å². The lowest BCUT2D eigenvalue weighted by Gasteiger charge is -2.32. The molecule has 186 valence electrons. The van der Waals surface area contributed by atoms with Gasteiger partial charge < -0.3 is 18.6 Å². The first-order valence-corrected chi connectivity index (χ1v) is 12.5. The van der Waals surface area contributed by atoms with Gasteiger partial charge in [0.15, 0.2) is 0 Å². The van der Waals surface area contributed by atoms with Gasteiger partial charge in [0.25, 0.3) is 0 Å². The predicted molar refractivity (Wildman–Crippen MR) is 144 cm³/mol. The van der Waals surface area contributed by atoms with E-state index in [0.717, 1.165) is 33.4 Å². The van der Waals surface area contributed by atoms with Gasteiger partial charge in [0.05, 0.1) is 33.8 Å². The van der Waals surface area contributed by atoms with Crippen molar-refractivity contribution in [1.29, 1.82) is 0 Å². The van der Waals surface area contributed by atoms with Crippen molar-refractivity contribution in [1.82, 2.24) is 9.97 Å². The minimum Gasteiger partial charge on any atom is -0.399 e. The number of pyridine rings is 2. The zero-order valence-electron chi connectivity index (χ0n) is 22.5. The molecule has 8 heteroatoms. The number of benzene rings is 1. The monoisotopic (exact) mass is 484 g/mol. The standard InChI is InChI=1S/C28H34B2N2O4/c1-25(2)26(3,4)34-29(33-25)21-12-14-23(31-17-21)19-10-9-11-20(16-19)24-15-13-22(18-32-24)30-35-27(5,6)28(7,8)36-30/h9-18H,1-8H3. The highest BCUT2D eigenvalue weighted by Crippen LogP contribution is 2.37. The lowest BCUT2D eigenvalue weighted by Crippen LogP contribution is -2.41. The molecule has 0 aliphatic carbocycles. The Kier molecular flexibility index (Phi) is 5.95. The summed E-state index contributed by atoms with van der Waals surface area (Å²) in [4.78, 5) is 9.41. The smallest absolute Gasteiger partial charge is 0.399 e. The van der Waals surface area contributed by atoms with Gasteiger partial charge in [-0.1, -0.05) is 30.3 Å². The summed E-state index contributed by atoms with van der Waals surface area (Å²) < 4.78 is 24.6. The van der Waals surface area contributed by atoms with Crippen molar-refractivity contribution in [2.75, 3.05) is 0 Å². The van der Waals surface area contributed by atoms with E-state index in [0.29, 0.717) is 0 Å². The number of nitrogens with zero attached hydrogens (tertiary/aromatic N) is 2. The van der Waals surface area contributed by atoms with Gasteiger partial charge in [-0.25, -0.2) is 0 Å². The van der Waals surface area contributed by atoms with Gasteiger partial charge in [0.1, 0.15) is 0 Å². The summed E-state index contributed by atoms with van der Waals surface area (Å²) in [6, 6.07) is 16.3. The molecule has 4 heterocycles. The fraction of sp³-hybridized carbons (Fsp3) is 0.429. The Bertz CT molecular complexity index is 1130. The molecule has 2 saturated heterocycles.